The molecule has 1 saturated heterocycles. The summed E-state index contributed by atoms with van der Waals surface area (Å²) in [4.78, 5) is 4.24. The summed E-state index contributed by atoms with van der Waals surface area (Å²) in [5.41, 5.74) is 3.06. The molecule has 1 aliphatic rings. The Labute approximate surface area is 94.1 Å². The Morgan fingerprint density at radius 1 is 1.67 bits per heavy atom. The average molecular weight is 227 g/mol. The van der Waals surface area contributed by atoms with Crippen LogP contribution in [0.5, 0.6) is 0 Å². The summed E-state index contributed by atoms with van der Waals surface area (Å²) in [6.45, 7) is 4.60. The molecule has 1 fully saturated rings. The van der Waals surface area contributed by atoms with Crippen LogP contribution in [0, 0.1) is 0 Å². The number of nitrogens with one attached hydrogen (secondary N) is 2. The van der Waals surface area contributed by atoms with Gasteiger partial charge in [0.25, 0.3) is 0 Å². The van der Waals surface area contributed by atoms with E-state index < -0.39 is 0 Å². The Morgan fingerprint density at radius 3 is 3.40 bits per heavy atom. The quantitative estimate of drug-likeness (QED) is 0.709. The van der Waals surface area contributed by atoms with Crippen molar-refractivity contribution in [3.05, 3.63) is 16.6 Å². The zero-order valence-corrected chi connectivity index (χ0v) is 9.55. The van der Waals surface area contributed by atoms with E-state index in [1.165, 1.54) is 5.69 Å². The molecular formula is C10H17N3OS. The highest BCUT2D eigenvalue weighted by molar-refractivity contribution is 7.07. The minimum atomic E-state index is 0.467. The van der Waals surface area contributed by atoms with Gasteiger partial charge in [-0.05, 0) is 0 Å². The Balaban J connectivity index is 1.54. The highest BCUT2D eigenvalue weighted by atomic mass is 32.1. The monoisotopic (exact) mass is 227 g/mol. The predicted octanol–water partition coefficient (Wildman–Crippen LogP) is 0.264. The molecule has 1 atom stereocenters. The van der Waals surface area contributed by atoms with Gasteiger partial charge in [0.2, 0.25) is 0 Å². The lowest BCUT2D eigenvalue weighted by molar-refractivity contribution is 0.0768. The largest absolute Gasteiger partial charge is 0.378 e. The first-order chi connectivity index (χ1) is 7.45. The molecule has 0 spiro atoms. The van der Waals surface area contributed by atoms with Crippen molar-refractivity contribution in [2.24, 2.45) is 0 Å². The molecule has 0 radical (unpaired) electrons. The molecule has 4 nitrogen and oxygen atoms in total. The van der Waals surface area contributed by atoms with Crippen LogP contribution in [0.4, 0.5) is 0 Å². The Bertz CT molecular complexity index is 260. The number of nitrogens with zero attached hydrogens (tertiary/aromatic N) is 1. The van der Waals surface area contributed by atoms with Gasteiger partial charge in [0.15, 0.2) is 0 Å². The van der Waals surface area contributed by atoms with Gasteiger partial charge in [-0.15, -0.1) is 11.3 Å². The minimum Gasteiger partial charge on any atom is -0.378 e. The highest BCUT2D eigenvalue weighted by Crippen LogP contribution is 2.00. The number of rotatable bonds is 5. The molecule has 2 N–H and O–H groups in total. The molecule has 5 heteroatoms. The highest BCUT2D eigenvalue weighted by Gasteiger charge is 2.11. The Hall–Kier alpha value is -0.490. The second-order valence-corrected chi connectivity index (χ2v) is 4.38. The first-order valence-corrected chi connectivity index (χ1v) is 6.28. The van der Waals surface area contributed by atoms with Crippen molar-refractivity contribution in [2.75, 3.05) is 32.8 Å². The van der Waals surface area contributed by atoms with Gasteiger partial charge in [0.1, 0.15) is 0 Å². The van der Waals surface area contributed by atoms with Gasteiger partial charge < -0.3 is 15.4 Å². The van der Waals surface area contributed by atoms with E-state index in [2.05, 4.69) is 21.0 Å². The summed E-state index contributed by atoms with van der Waals surface area (Å²) in [6.07, 6.45) is 1.01. The maximum absolute atomic E-state index is 5.37. The molecule has 1 aromatic rings. The molecule has 15 heavy (non-hydrogen) atoms. The van der Waals surface area contributed by atoms with Gasteiger partial charge in [-0.1, -0.05) is 0 Å². The summed E-state index contributed by atoms with van der Waals surface area (Å²) in [5, 5.41) is 8.93. The Morgan fingerprint density at radius 2 is 2.67 bits per heavy atom. The Kier molecular flexibility index (Phi) is 4.53. The van der Waals surface area contributed by atoms with Gasteiger partial charge >= 0.3 is 0 Å². The van der Waals surface area contributed by atoms with E-state index in [9.17, 15) is 0 Å². The van der Waals surface area contributed by atoms with Crippen molar-refractivity contribution < 1.29 is 4.74 Å². The first kappa shape index (κ1) is 11.0. The molecule has 1 unspecified atom stereocenters. The van der Waals surface area contributed by atoms with Gasteiger partial charge in [-0.2, -0.15) is 0 Å². The van der Waals surface area contributed by atoms with Crippen LogP contribution in [0.1, 0.15) is 5.69 Å². The van der Waals surface area contributed by atoms with Crippen LogP contribution in [0.15, 0.2) is 10.9 Å². The molecule has 1 aromatic heterocycles. The van der Waals surface area contributed by atoms with Gasteiger partial charge in [-0.3, -0.25) is 0 Å². The lowest BCUT2D eigenvalue weighted by Gasteiger charge is -2.23. The molecule has 0 saturated carbocycles. The molecule has 84 valence electrons. The summed E-state index contributed by atoms with van der Waals surface area (Å²) in [6, 6.07) is 0.467. The number of aromatic nitrogens is 1. The normalized spacial score (nSPS) is 21.7. The fourth-order valence-corrected chi connectivity index (χ4v) is 2.20. The van der Waals surface area contributed by atoms with Crippen LogP contribution >= 0.6 is 11.3 Å². The molecule has 0 amide bonds. The second kappa shape index (κ2) is 6.17. The summed E-state index contributed by atoms with van der Waals surface area (Å²) < 4.78 is 5.37. The van der Waals surface area contributed by atoms with E-state index in [1.54, 1.807) is 11.3 Å². The third kappa shape index (κ3) is 3.87. The van der Waals surface area contributed by atoms with Crippen LogP contribution in [0.2, 0.25) is 0 Å². The SMILES string of the molecule is c1nc(CCNCC2COCCN2)cs1. The topological polar surface area (TPSA) is 46.2 Å². The first-order valence-electron chi connectivity index (χ1n) is 5.34. The fourth-order valence-electron chi connectivity index (χ4n) is 1.60. The summed E-state index contributed by atoms with van der Waals surface area (Å²) in [7, 11) is 0. The fraction of sp³-hybridized carbons (Fsp3) is 0.700. The number of hydrogen-bond acceptors (Lipinski definition) is 5. The maximum atomic E-state index is 5.37. The van der Waals surface area contributed by atoms with E-state index in [0.29, 0.717) is 6.04 Å². The predicted molar refractivity (Wildman–Crippen MR) is 61.3 cm³/mol. The molecule has 2 rings (SSSR count). The number of ether oxygens (including phenoxy) is 1. The zero-order valence-electron chi connectivity index (χ0n) is 8.74. The van der Waals surface area contributed by atoms with Crippen molar-refractivity contribution in [3.8, 4) is 0 Å². The van der Waals surface area contributed by atoms with Crippen molar-refractivity contribution in [2.45, 2.75) is 12.5 Å². The lowest BCUT2D eigenvalue weighted by Crippen LogP contribution is -2.47. The van der Waals surface area contributed by atoms with Crippen LogP contribution < -0.4 is 10.6 Å². The van der Waals surface area contributed by atoms with Crippen LogP contribution in [0.3, 0.4) is 0 Å². The summed E-state index contributed by atoms with van der Waals surface area (Å²) >= 11 is 1.65. The molecular weight excluding hydrogens is 210 g/mol. The van der Waals surface area contributed by atoms with Crippen LogP contribution in [-0.2, 0) is 11.2 Å². The second-order valence-electron chi connectivity index (χ2n) is 3.66. The standard InChI is InChI=1S/C10H17N3OS/c1(9-7-15-8-13-9)2-11-5-10-6-14-4-3-12-10/h7-8,10-12H,1-6H2. The van der Waals surface area contributed by atoms with Crippen molar-refractivity contribution in [3.63, 3.8) is 0 Å². The van der Waals surface area contributed by atoms with Crippen molar-refractivity contribution in [1.29, 1.82) is 0 Å². The molecule has 2 heterocycles. The van der Waals surface area contributed by atoms with Gasteiger partial charge in [0.05, 0.1) is 24.4 Å². The van der Waals surface area contributed by atoms with E-state index in [-0.39, 0.29) is 0 Å². The van der Waals surface area contributed by atoms with Crippen LogP contribution in [0.25, 0.3) is 0 Å². The van der Waals surface area contributed by atoms with Crippen molar-refractivity contribution >= 4 is 11.3 Å². The molecule has 0 aromatic carbocycles. The lowest BCUT2D eigenvalue weighted by atomic mass is 10.2. The van der Waals surface area contributed by atoms with Gasteiger partial charge in [0, 0.05) is 37.5 Å². The zero-order chi connectivity index (χ0) is 10.3. The maximum Gasteiger partial charge on any atom is 0.0794 e. The van der Waals surface area contributed by atoms with Crippen LogP contribution in [-0.4, -0.2) is 43.9 Å². The third-order valence-corrected chi connectivity index (χ3v) is 3.07. The summed E-state index contributed by atoms with van der Waals surface area (Å²) in [5.74, 6) is 0. The molecule has 0 bridgehead atoms. The smallest absolute Gasteiger partial charge is 0.0794 e. The van der Waals surface area contributed by atoms with Gasteiger partial charge in [-0.25, -0.2) is 4.98 Å². The van der Waals surface area contributed by atoms with E-state index in [0.717, 1.165) is 39.3 Å². The van der Waals surface area contributed by atoms with E-state index in [1.807, 2.05) is 5.51 Å². The van der Waals surface area contributed by atoms with E-state index >= 15 is 0 Å². The minimum absolute atomic E-state index is 0.467. The van der Waals surface area contributed by atoms with E-state index in [4.69, 9.17) is 4.74 Å². The third-order valence-electron chi connectivity index (χ3n) is 2.43. The molecule has 0 aliphatic carbocycles. The van der Waals surface area contributed by atoms with Crippen molar-refractivity contribution in [1.82, 2.24) is 15.6 Å². The number of morpholine rings is 1. The molecule has 1 aliphatic heterocycles. The number of hydrogen-bond donors (Lipinski definition) is 2. The average Bonchev–Trinajstić information content (AvgIpc) is 2.79. The number of thiazole rings is 1.